The normalized spacial score (nSPS) is 13.8. The number of carbonyl (C=O) groups excluding carboxylic acids is 1. The largest absolute Gasteiger partial charge is 0.447 e. The average molecular weight is 447 g/mol. The molecule has 4 aromatic rings. The van der Waals surface area contributed by atoms with Crippen molar-refractivity contribution in [3.8, 4) is 23.1 Å². The number of anilines is 2. The van der Waals surface area contributed by atoms with Gasteiger partial charge in [0, 0.05) is 28.7 Å². The summed E-state index contributed by atoms with van der Waals surface area (Å²) < 4.78 is 18.4. The van der Waals surface area contributed by atoms with Crippen LogP contribution in [0.4, 0.5) is 16.2 Å². The fourth-order valence-electron chi connectivity index (χ4n) is 4.13. The van der Waals surface area contributed by atoms with Crippen LogP contribution in [0.25, 0.3) is 22.2 Å². The minimum Gasteiger partial charge on any atom is -0.447 e. The number of ether oxygens (including phenoxy) is 2. The number of hydrogen-bond acceptors (Lipinski definition) is 6. The Balaban J connectivity index is 1.52. The van der Waals surface area contributed by atoms with Crippen molar-refractivity contribution in [1.82, 2.24) is 9.55 Å². The van der Waals surface area contributed by atoms with E-state index in [-0.39, 0.29) is 12.2 Å². The molecule has 1 fully saturated rings. The predicted molar refractivity (Wildman–Crippen MR) is 126 cm³/mol. The Morgan fingerprint density at radius 1 is 1.21 bits per heavy atom. The Labute approximate surface area is 191 Å². The minimum absolute atomic E-state index is 0.181. The zero-order chi connectivity index (χ0) is 22.9. The van der Waals surface area contributed by atoms with Gasteiger partial charge in [0.25, 0.3) is 0 Å². The maximum Gasteiger partial charge on any atom is 0.411 e. The smallest absolute Gasteiger partial charge is 0.411 e. The highest BCUT2D eigenvalue weighted by Crippen LogP contribution is 2.45. The average Bonchev–Trinajstić information content (AvgIpc) is 3.34. The molecule has 0 unspecified atom stereocenters. The molecule has 2 aromatic heterocycles. The number of aromatic nitrogens is 2. The van der Waals surface area contributed by atoms with Crippen LogP contribution in [0.2, 0.25) is 0 Å². The van der Waals surface area contributed by atoms with Gasteiger partial charge in [-0.05, 0) is 57.4 Å². The minimum atomic E-state index is -0.473. The lowest BCUT2D eigenvalue weighted by Crippen LogP contribution is -2.18. The zero-order valence-electron chi connectivity index (χ0n) is 18.6. The molecular weight excluding hydrogens is 420 g/mol. The quantitative estimate of drug-likeness (QED) is 0.357. The number of rotatable bonds is 6. The van der Waals surface area contributed by atoms with E-state index in [0.29, 0.717) is 17.5 Å². The summed E-state index contributed by atoms with van der Waals surface area (Å²) in [5.74, 6) is 0.637. The maximum absolute atomic E-state index is 11.9. The van der Waals surface area contributed by atoms with E-state index in [1.165, 1.54) is 12.7 Å². The summed E-state index contributed by atoms with van der Waals surface area (Å²) in [6.07, 6.45) is 5.95. The second-order valence-electron chi connectivity index (χ2n) is 8.45. The fourth-order valence-corrected chi connectivity index (χ4v) is 4.13. The highest BCUT2D eigenvalue weighted by molar-refractivity contribution is 6.01. The lowest BCUT2D eigenvalue weighted by Gasteiger charge is -2.30. The maximum atomic E-state index is 11.9. The van der Waals surface area contributed by atoms with Crippen molar-refractivity contribution < 1.29 is 18.7 Å². The number of nitrogens with zero attached hydrogens (tertiary/aromatic N) is 2. The summed E-state index contributed by atoms with van der Waals surface area (Å²) in [6, 6.07) is 13.8. The third kappa shape index (κ3) is 4.11. The van der Waals surface area contributed by atoms with E-state index in [2.05, 4.69) is 14.9 Å². The molecule has 1 aliphatic carbocycles. The number of benzene rings is 2. The molecule has 0 aliphatic heterocycles. The molecule has 0 saturated heterocycles. The number of nitrogen functional groups attached to an aromatic ring is 1. The summed E-state index contributed by atoms with van der Waals surface area (Å²) in [5.41, 5.74) is 11.0. The third-order valence-corrected chi connectivity index (χ3v) is 5.82. The first-order chi connectivity index (χ1) is 16.0. The van der Waals surface area contributed by atoms with Gasteiger partial charge in [-0.25, -0.2) is 4.79 Å². The van der Waals surface area contributed by atoms with Gasteiger partial charge in [-0.3, -0.25) is 5.32 Å². The van der Waals surface area contributed by atoms with Crippen molar-refractivity contribution in [2.75, 3.05) is 11.1 Å². The zero-order valence-corrected chi connectivity index (χ0v) is 18.6. The van der Waals surface area contributed by atoms with Crippen molar-refractivity contribution in [2.24, 2.45) is 0 Å². The molecule has 2 heterocycles. The Hall–Kier alpha value is -3.94. The molecule has 2 aromatic carbocycles. The lowest BCUT2D eigenvalue weighted by molar-refractivity contribution is 0.130. The fraction of sp³-hybridized carbons (Fsp3) is 0.280. The van der Waals surface area contributed by atoms with Crippen LogP contribution in [-0.4, -0.2) is 21.7 Å². The van der Waals surface area contributed by atoms with E-state index < -0.39 is 6.09 Å². The van der Waals surface area contributed by atoms with Gasteiger partial charge in [0.05, 0.1) is 29.2 Å². The van der Waals surface area contributed by atoms with Crippen molar-refractivity contribution in [3.63, 3.8) is 0 Å². The van der Waals surface area contributed by atoms with Crippen LogP contribution in [0.3, 0.4) is 0 Å². The van der Waals surface area contributed by atoms with Crippen LogP contribution in [0, 0.1) is 0 Å². The van der Waals surface area contributed by atoms with Gasteiger partial charge in [-0.15, -0.1) is 0 Å². The number of nitrogens with two attached hydrogens (primary N) is 1. The standard InChI is InChI=1S/C25H26N4O4/c1-15(2)32-24(30)28-17-8-6-16(7-9-17)23-22(26)20-11-10-19(33-25-27-12-13-31-25)14-21(20)29(23)18-4-3-5-18/h6-15,18H,3-5,26H2,1-2H3,(H,28,30). The van der Waals surface area contributed by atoms with Crippen LogP contribution < -0.4 is 15.8 Å². The van der Waals surface area contributed by atoms with Crippen molar-refractivity contribution in [1.29, 1.82) is 0 Å². The summed E-state index contributed by atoms with van der Waals surface area (Å²) in [7, 11) is 0. The SMILES string of the molecule is CC(C)OC(=O)Nc1ccc(-c2c(N)c3ccc(Oc4ncco4)cc3n2C2CCC2)cc1. The lowest BCUT2D eigenvalue weighted by atomic mass is 9.92. The number of fused-ring (bicyclic) bond motifs is 1. The summed E-state index contributed by atoms with van der Waals surface area (Å²) in [6.45, 7) is 3.62. The van der Waals surface area contributed by atoms with Crippen LogP contribution >= 0.6 is 0 Å². The first-order valence-electron chi connectivity index (χ1n) is 11.1. The molecule has 0 atom stereocenters. The Kier molecular flexibility index (Phi) is 5.42. The third-order valence-electron chi connectivity index (χ3n) is 5.82. The molecule has 170 valence electrons. The van der Waals surface area contributed by atoms with E-state index in [9.17, 15) is 4.79 Å². The highest BCUT2D eigenvalue weighted by Gasteiger charge is 2.27. The molecule has 0 spiro atoms. The summed E-state index contributed by atoms with van der Waals surface area (Å²) in [5, 5.41) is 3.72. The number of oxazole rings is 1. The van der Waals surface area contributed by atoms with E-state index in [1.54, 1.807) is 6.20 Å². The van der Waals surface area contributed by atoms with Gasteiger partial charge < -0.3 is 24.2 Å². The molecule has 0 bridgehead atoms. The molecule has 1 aliphatic rings. The van der Waals surface area contributed by atoms with Crippen LogP contribution in [0.1, 0.15) is 39.2 Å². The number of carbonyl (C=O) groups is 1. The second kappa shape index (κ2) is 8.54. The number of nitrogens with one attached hydrogen (secondary N) is 1. The first kappa shape index (κ1) is 20.9. The van der Waals surface area contributed by atoms with Crippen molar-refractivity contribution >= 4 is 28.4 Å². The van der Waals surface area contributed by atoms with Gasteiger partial charge in [-0.1, -0.05) is 12.1 Å². The number of amides is 1. The summed E-state index contributed by atoms with van der Waals surface area (Å²) in [4.78, 5) is 15.9. The van der Waals surface area contributed by atoms with E-state index >= 15 is 0 Å². The van der Waals surface area contributed by atoms with E-state index in [0.717, 1.165) is 40.7 Å². The van der Waals surface area contributed by atoms with E-state index in [4.69, 9.17) is 19.6 Å². The van der Waals surface area contributed by atoms with Crippen LogP contribution in [-0.2, 0) is 4.74 Å². The molecule has 8 nitrogen and oxygen atoms in total. The Bertz CT molecular complexity index is 1270. The van der Waals surface area contributed by atoms with Crippen molar-refractivity contribution in [2.45, 2.75) is 45.3 Å². The number of hydrogen-bond donors (Lipinski definition) is 2. The van der Waals surface area contributed by atoms with Crippen molar-refractivity contribution in [3.05, 3.63) is 54.9 Å². The molecule has 1 amide bonds. The Morgan fingerprint density at radius 2 is 2.00 bits per heavy atom. The molecule has 33 heavy (non-hydrogen) atoms. The van der Waals surface area contributed by atoms with Gasteiger partial charge >= 0.3 is 12.2 Å². The van der Waals surface area contributed by atoms with Gasteiger partial charge in [0.1, 0.15) is 12.0 Å². The molecule has 8 heteroatoms. The van der Waals surface area contributed by atoms with E-state index in [1.807, 2.05) is 56.3 Å². The Morgan fingerprint density at radius 3 is 2.64 bits per heavy atom. The highest BCUT2D eigenvalue weighted by atomic mass is 16.6. The molecule has 5 rings (SSSR count). The monoisotopic (exact) mass is 446 g/mol. The molecule has 1 saturated carbocycles. The van der Waals surface area contributed by atoms with Gasteiger partial charge in [0.15, 0.2) is 0 Å². The molecule has 0 radical (unpaired) electrons. The molecular formula is C25H26N4O4. The second-order valence-corrected chi connectivity index (χ2v) is 8.45. The first-order valence-corrected chi connectivity index (χ1v) is 11.1. The van der Waals surface area contributed by atoms with Gasteiger partial charge in [-0.2, -0.15) is 4.98 Å². The summed E-state index contributed by atoms with van der Waals surface area (Å²) >= 11 is 0. The van der Waals surface area contributed by atoms with Crippen LogP contribution in [0.5, 0.6) is 11.8 Å². The predicted octanol–water partition coefficient (Wildman–Crippen LogP) is 6.35. The van der Waals surface area contributed by atoms with Crippen LogP contribution in [0.15, 0.2) is 59.3 Å². The molecule has 3 N–H and O–H groups in total. The topological polar surface area (TPSA) is 105 Å². The van der Waals surface area contributed by atoms with Gasteiger partial charge in [0.2, 0.25) is 0 Å².